The Kier molecular flexibility index (Phi) is 5.08. The van der Waals surface area contributed by atoms with Crippen LogP contribution in [-0.2, 0) is 11.2 Å². The van der Waals surface area contributed by atoms with E-state index in [1.165, 1.54) is 0 Å². The van der Waals surface area contributed by atoms with Crippen molar-refractivity contribution in [2.75, 3.05) is 31.2 Å². The molecule has 0 saturated carbocycles. The number of halogens is 3. The molecule has 1 aliphatic heterocycles. The maximum absolute atomic E-state index is 15.1. The van der Waals surface area contributed by atoms with Crippen LogP contribution >= 0.6 is 0 Å². The highest BCUT2D eigenvalue weighted by Crippen LogP contribution is 2.31. The molecule has 29 heavy (non-hydrogen) atoms. The van der Waals surface area contributed by atoms with E-state index in [4.69, 9.17) is 4.74 Å². The Morgan fingerprint density at radius 1 is 1.14 bits per heavy atom. The Morgan fingerprint density at radius 2 is 1.86 bits per heavy atom. The molecular weight excluding hydrogens is 381 g/mol. The molecule has 152 valence electrons. The maximum atomic E-state index is 15.1. The van der Waals surface area contributed by atoms with Gasteiger partial charge in [0.1, 0.15) is 0 Å². The van der Waals surface area contributed by atoms with Crippen LogP contribution in [0.25, 0.3) is 22.0 Å². The number of hydrogen-bond donors (Lipinski definition) is 1. The summed E-state index contributed by atoms with van der Waals surface area (Å²) < 4.78 is 47.6. The van der Waals surface area contributed by atoms with E-state index in [0.29, 0.717) is 54.2 Å². The van der Waals surface area contributed by atoms with Crippen molar-refractivity contribution in [3.05, 3.63) is 64.2 Å². The first kappa shape index (κ1) is 19.5. The number of aromatic nitrogens is 1. The van der Waals surface area contributed by atoms with Gasteiger partial charge in [-0.1, -0.05) is 30.3 Å². The van der Waals surface area contributed by atoms with Crippen molar-refractivity contribution in [2.45, 2.75) is 19.3 Å². The standard InChI is InChI=1S/C22H21F3N2O2/c1-22(24,25)13-15-4-2-3-5-16(15)17-12-14-6-7-18(27-8-10-29-11-9-27)20(23)19(14)21(28)26-17/h2-7,12H,8-11,13H2,1H3,(H,26,28). The lowest BCUT2D eigenvalue weighted by molar-refractivity contribution is 0.0227. The van der Waals surface area contributed by atoms with Crippen molar-refractivity contribution in [3.63, 3.8) is 0 Å². The number of nitrogens with one attached hydrogen (secondary N) is 1. The van der Waals surface area contributed by atoms with E-state index >= 15 is 4.39 Å². The Morgan fingerprint density at radius 3 is 2.59 bits per heavy atom. The van der Waals surface area contributed by atoms with E-state index in [1.807, 2.05) is 4.90 Å². The molecule has 1 aliphatic rings. The van der Waals surface area contributed by atoms with E-state index in [0.717, 1.165) is 6.92 Å². The monoisotopic (exact) mass is 402 g/mol. The molecule has 0 amide bonds. The van der Waals surface area contributed by atoms with Gasteiger partial charge in [0.05, 0.1) is 24.3 Å². The Labute approximate surface area is 165 Å². The van der Waals surface area contributed by atoms with Crippen LogP contribution in [0.15, 0.2) is 47.3 Å². The first-order valence-corrected chi connectivity index (χ1v) is 9.48. The zero-order valence-electron chi connectivity index (χ0n) is 16.0. The number of hydrogen-bond acceptors (Lipinski definition) is 3. The first-order valence-electron chi connectivity index (χ1n) is 9.48. The summed E-state index contributed by atoms with van der Waals surface area (Å²) in [5, 5.41) is 0.396. The summed E-state index contributed by atoms with van der Waals surface area (Å²) in [4.78, 5) is 17.3. The molecule has 0 unspecified atom stereocenters. The predicted molar refractivity (Wildman–Crippen MR) is 107 cm³/mol. The van der Waals surface area contributed by atoms with Crippen LogP contribution in [0, 0.1) is 5.82 Å². The molecule has 0 bridgehead atoms. The van der Waals surface area contributed by atoms with Crippen LogP contribution in [0.5, 0.6) is 0 Å². The van der Waals surface area contributed by atoms with Crippen LogP contribution < -0.4 is 10.5 Å². The largest absolute Gasteiger partial charge is 0.378 e. The smallest absolute Gasteiger partial charge is 0.259 e. The molecule has 1 aromatic heterocycles. The molecule has 2 aromatic carbocycles. The predicted octanol–water partition coefficient (Wildman–Crippen LogP) is 4.37. The van der Waals surface area contributed by atoms with Gasteiger partial charge in [-0.05, 0) is 30.0 Å². The molecule has 0 atom stereocenters. The van der Waals surface area contributed by atoms with Crippen LogP contribution in [0.4, 0.5) is 18.9 Å². The lowest BCUT2D eigenvalue weighted by atomic mass is 9.97. The van der Waals surface area contributed by atoms with Gasteiger partial charge in [0.15, 0.2) is 5.82 Å². The third-order valence-electron chi connectivity index (χ3n) is 5.09. The van der Waals surface area contributed by atoms with E-state index in [9.17, 15) is 13.6 Å². The molecule has 0 radical (unpaired) electrons. The van der Waals surface area contributed by atoms with Gasteiger partial charge in [-0.15, -0.1) is 0 Å². The summed E-state index contributed by atoms with van der Waals surface area (Å²) >= 11 is 0. The number of pyridine rings is 1. The van der Waals surface area contributed by atoms with Gasteiger partial charge in [0.25, 0.3) is 5.56 Å². The summed E-state index contributed by atoms with van der Waals surface area (Å²) in [5.74, 6) is -3.46. The van der Waals surface area contributed by atoms with Gasteiger partial charge in [0.2, 0.25) is 5.92 Å². The summed E-state index contributed by atoms with van der Waals surface area (Å²) in [6, 6.07) is 11.7. The fraction of sp³-hybridized carbons (Fsp3) is 0.318. The van der Waals surface area contributed by atoms with Crippen LogP contribution in [0.3, 0.4) is 0 Å². The van der Waals surface area contributed by atoms with E-state index in [1.54, 1.807) is 42.5 Å². The van der Waals surface area contributed by atoms with Crippen LogP contribution in [0.2, 0.25) is 0 Å². The molecule has 3 aromatic rings. The number of anilines is 1. The molecule has 1 N–H and O–H groups in total. The normalized spacial score (nSPS) is 15.1. The Bertz CT molecular complexity index is 1100. The van der Waals surface area contributed by atoms with Gasteiger partial charge in [-0.25, -0.2) is 13.2 Å². The van der Waals surface area contributed by atoms with Crippen molar-refractivity contribution in [3.8, 4) is 11.3 Å². The summed E-state index contributed by atoms with van der Waals surface area (Å²) in [5.41, 5.74) is 1.10. The van der Waals surface area contributed by atoms with Gasteiger partial charge in [-0.3, -0.25) is 4.79 Å². The third-order valence-corrected chi connectivity index (χ3v) is 5.09. The number of nitrogens with zero attached hydrogens (tertiary/aromatic N) is 1. The van der Waals surface area contributed by atoms with Crippen molar-refractivity contribution < 1.29 is 17.9 Å². The highest BCUT2D eigenvalue weighted by Gasteiger charge is 2.24. The molecule has 1 saturated heterocycles. The van der Waals surface area contributed by atoms with E-state index < -0.39 is 23.7 Å². The maximum Gasteiger partial charge on any atom is 0.259 e. The number of morpholine rings is 1. The topological polar surface area (TPSA) is 45.3 Å². The number of benzene rings is 2. The van der Waals surface area contributed by atoms with Crippen LogP contribution in [-0.4, -0.2) is 37.2 Å². The van der Waals surface area contributed by atoms with Gasteiger partial charge >= 0.3 is 0 Å². The van der Waals surface area contributed by atoms with Gasteiger partial charge in [0, 0.05) is 30.8 Å². The minimum atomic E-state index is -2.88. The minimum absolute atomic E-state index is 0.0314. The number of fused-ring (bicyclic) bond motifs is 1. The molecular formula is C22H21F3N2O2. The lowest BCUT2D eigenvalue weighted by Gasteiger charge is -2.29. The quantitative estimate of drug-likeness (QED) is 0.705. The average molecular weight is 402 g/mol. The molecule has 0 aliphatic carbocycles. The number of aromatic amines is 1. The van der Waals surface area contributed by atoms with Gasteiger partial charge < -0.3 is 14.6 Å². The number of alkyl halides is 2. The second kappa shape index (κ2) is 7.55. The first-order chi connectivity index (χ1) is 13.8. The second-order valence-corrected chi connectivity index (χ2v) is 7.38. The zero-order chi connectivity index (χ0) is 20.6. The third kappa shape index (κ3) is 4.00. The molecule has 2 heterocycles. The highest BCUT2D eigenvalue weighted by atomic mass is 19.3. The lowest BCUT2D eigenvalue weighted by Crippen LogP contribution is -2.36. The van der Waals surface area contributed by atoms with E-state index in [-0.39, 0.29) is 5.39 Å². The fourth-order valence-electron chi connectivity index (χ4n) is 3.77. The number of ether oxygens (including phenoxy) is 1. The second-order valence-electron chi connectivity index (χ2n) is 7.38. The van der Waals surface area contributed by atoms with Gasteiger partial charge in [-0.2, -0.15) is 0 Å². The SMILES string of the molecule is CC(F)(F)Cc1ccccc1-c1cc2ccc(N3CCOCC3)c(F)c2c(=O)[nH]1. The Hall–Kier alpha value is -2.80. The van der Waals surface area contributed by atoms with Crippen molar-refractivity contribution in [1.82, 2.24) is 4.98 Å². The molecule has 1 fully saturated rings. The van der Waals surface area contributed by atoms with E-state index in [2.05, 4.69) is 4.98 Å². The highest BCUT2D eigenvalue weighted by molar-refractivity contribution is 5.89. The summed E-state index contributed by atoms with van der Waals surface area (Å²) in [6.07, 6.45) is -0.451. The molecule has 0 spiro atoms. The molecule has 4 rings (SSSR count). The minimum Gasteiger partial charge on any atom is -0.378 e. The average Bonchev–Trinajstić information content (AvgIpc) is 2.68. The van der Waals surface area contributed by atoms with Crippen molar-refractivity contribution in [2.24, 2.45) is 0 Å². The summed E-state index contributed by atoms with van der Waals surface area (Å²) in [7, 11) is 0. The van der Waals surface area contributed by atoms with Crippen LogP contribution in [0.1, 0.15) is 12.5 Å². The van der Waals surface area contributed by atoms with Crippen molar-refractivity contribution in [1.29, 1.82) is 0 Å². The molecule has 4 nitrogen and oxygen atoms in total. The number of H-pyrrole nitrogens is 1. The Balaban J connectivity index is 1.81. The molecule has 7 heteroatoms. The fourth-order valence-corrected chi connectivity index (χ4v) is 3.77. The summed E-state index contributed by atoms with van der Waals surface area (Å²) in [6.45, 7) is 2.97. The van der Waals surface area contributed by atoms with Crippen molar-refractivity contribution >= 4 is 16.5 Å². The zero-order valence-corrected chi connectivity index (χ0v) is 16.0. The number of rotatable bonds is 4.